The van der Waals surface area contributed by atoms with Crippen LogP contribution in [-0.2, 0) is 25.2 Å². The molecule has 6 nitrogen and oxygen atoms in total. The molecular formula is C17H18F6N2O4. The van der Waals surface area contributed by atoms with Crippen molar-refractivity contribution in [2.75, 3.05) is 20.3 Å². The van der Waals surface area contributed by atoms with E-state index in [9.17, 15) is 35.9 Å². The lowest BCUT2D eigenvalue weighted by Crippen LogP contribution is -2.41. The van der Waals surface area contributed by atoms with E-state index in [0.717, 1.165) is 25.0 Å². The number of hydrogen-bond donors (Lipinski definition) is 1. The van der Waals surface area contributed by atoms with Gasteiger partial charge in [-0.25, -0.2) is 4.79 Å². The Morgan fingerprint density at radius 3 is 2.31 bits per heavy atom. The van der Waals surface area contributed by atoms with Gasteiger partial charge in [-0.05, 0) is 30.9 Å². The smallest absolute Gasteiger partial charge is 0.422 e. The fourth-order valence-corrected chi connectivity index (χ4v) is 2.79. The molecule has 1 aliphatic rings. The van der Waals surface area contributed by atoms with Gasteiger partial charge >= 0.3 is 24.2 Å². The van der Waals surface area contributed by atoms with Gasteiger partial charge < -0.3 is 14.8 Å². The molecule has 162 valence electrons. The number of nitrogens with zero attached hydrogens (tertiary/aromatic N) is 1. The largest absolute Gasteiger partial charge is 0.449 e. The minimum absolute atomic E-state index is 0.0175. The Labute approximate surface area is 161 Å². The molecule has 0 spiro atoms. The first-order valence-electron chi connectivity index (χ1n) is 8.49. The maximum absolute atomic E-state index is 12.8. The standard InChI is InChI=1S/C17H18F6N2O4/c1-28-7-11(9-2-3-9)13(12-5-4-10(6-24-12)17(21,22)23)25-14(26)15(27)29-8-16(18,19)20/h4-6,9,11,13H,2-3,7-8H2,1H3,(H,25,26)/t11-,13-/m1/s1. The summed E-state index contributed by atoms with van der Waals surface area (Å²) in [5.74, 6) is -3.60. The summed E-state index contributed by atoms with van der Waals surface area (Å²) >= 11 is 0. The van der Waals surface area contributed by atoms with Crippen molar-refractivity contribution in [3.05, 3.63) is 29.6 Å². The summed E-state index contributed by atoms with van der Waals surface area (Å²) in [5.41, 5.74) is -0.991. The molecule has 1 amide bonds. The number of hydrogen-bond acceptors (Lipinski definition) is 5. The molecule has 1 heterocycles. The van der Waals surface area contributed by atoms with E-state index in [4.69, 9.17) is 4.74 Å². The highest BCUT2D eigenvalue weighted by Gasteiger charge is 2.40. The van der Waals surface area contributed by atoms with Crippen molar-refractivity contribution in [3.63, 3.8) is 0 Å². The second kappa shape index (κ2) is 8.97. The van der Waals surface area contributed by atoms with Crippen molar-refractivity contribution in [3.8, 4) is 0 Å². The Morgan fingerprint density at radius 2 is 1.86 bits per heavy atom. The number of aromatic nitrogens is 1. The molecule has 1 aliphatic carbocycles. The molecule has 2 atom stereocenters. The van der Waals surface area contributed by atoms with Gasteiger partial charge in [0.2, 0.25) is 0 Å². The van der Waals surface area contributed by atoms with Crippen molar-refractivity contribution in [1.29, 1.82) is 0 Å². The molecule has 12 heteroatoms. The minimum Gasteiger partial charge on any atom is -0.449 e. The Kier molecular flexibility index (Phi) is 7.09. The van der Waals surface area contributed by atoms with Crippen LogP contribution < -0.4 is 5.32 Å². The Hall–Kier alpha value is -2.37. The number of alkyl halides is 6. The normalized spacial score (nSPS) is 16.8. The fourth-order valence-electron chi connectivity index (χ4n) is 2.79. The number of nitrogens with one attached hydrogen (secondary N) is 1. The average molecular weight is 428 g/mol. The van der Waals surface area contributed by atoms with E-state index >= 15 is 0 Å². The van der Waals surface area contributed by atoms with Crippen molar-refractivity contribution in [2.24, 2.45) is 11.8 Å². The maximum atomic E-state index is 12.8. The summed E-state index contributed by atoms with van der Waals surface area (Å²) in [6.45, 7) is -1.84. The first-order chi connectivity index (χ1) is 13.4. The van der Waals surface area contributed by atoms with E-state index in [2.05, 4.69) is 15.0 Å². The molecule has 0 aromatic carbocycles. The summed E-state index contributed by atoms with van der Waals surface area (Å²) in [7, 11) is 1.38. The first kappa shape index (κ1) is 22.9. The van der Waals surface area contributed by atoms with Gasteiger partial charge in [-0.15, -0.1) is 0 Å². The molecule has 0 unspecified atom stereocenters. The lowest BCUT2D eigenvalue weighted by atomic mass is 9.92. The van der Waals surface area contributed by atoms with Gasteiger partial charge in [-0.1, -0.05) is 0 Å². The minimum atomic E-state index is -4.81. The van der Waals surface area contributed by atoms with Crippen LogP contribution in [0.2, 0.25) is 0 Å². The molecule has 1 saturated carbocycles. The number of carbonyl (C=O) groups is 2. The van der Waals surface area contributed by atoms with Crippen molar-refractivity contribution in [1.82, 2.24) is 10.3 Å². The van der Waals surface area contributed by atoms with Gasteiger partial charge in [0.15, 0.2) is 6.61 Å². The van der Waals surface area contributed by atoms with E-state index in [1.807, 2.05) is 0 Å². The first-order valence-corrected chi connectivity index (χ1v) is 8.49. The number of amides is 1. The third-order valence-electron chi connectivity index (χ3n) is 4.29. The molecule has 0 aliphatic heterocycles. The number of methoxy groups -OCH3 is 1. The molecule has 0 saturated heterocycles. The topological polar surface area (TPSA) is 77.5 Å². The predicted molar refractivity (Wildman–Crippen MR) is 85.2 cm³/mol. The zero-order valence-electron chi connectivity index (χ0n) is 15.1. The molecule has 0 radical (unpaired) electrons. The zero-order valence-corrected chi connectivity index (χ0v) is 15.1. The van der Waals surface area contributed by atoms with Crippen LogP contribution in [0.4, 0.5) is 26.3 Å². The molecule has 0 bridgehead atoms. The van der Waals surface area contributed by atoms with Crippen molar-refractivity contribution < 1.29 is 45.4 Å². The summed E-state index contributed by atoms with van der Waals surface area (Å²) in [5, 5.41) is 2.23. The van der Waals surface area contributed by atoms with E-state index < -0.39 is 48.4 Å². The number of pyridine rings is 1. The predicted octanol–water partition coefficient (Wildman–Crippen LogP) is 3.04. The van der Waals surface area contributed by atoms with Gasteiger partial charge in [0.05, 0.1) is 23.9 Å². The van der Waals surface area contributed by atoms with Gasteiger partial charge in [0, 0.05) is 19.2 Å². The quantitative estimate of drug-likeness (QED) is 0.411. The van der Waals surface area contributed by atoms with Crippen LogP contribution in [0.1, 0.15) is 30.1 Å². The molecule has 2 rings (SSSR count). The second-order valence-electron chi connectivity index (χ2n) is 6.57. The van der Waals surface area contributed by atoms with Crippen molar-refractivity contribution >= 4 is 11.9 Å². The number of esters is 1. The Bertz CT molecular complexity index is 716. The maximum Gasteiger partial charge on any atom is 0.422 e. The molecule has 1 aromatic heterocycles. The Morgan fingerprint density at radius 1 is 1.21 bits per heavy atom. The van der Waals surface area contributed by atoms with Crippen LogP contribution in [-0.4, -0.2) is 43.4 Å². The van der Waals surface area contributed by atoms with Crippen LogP contribution in [0.5, 0.6) is 0 Å². The highest BCUT2D eigenvalue weighted by atomic mass is 19.4. The summed E-state index contributed by atoms with van der Waals surface area (Å²) in [4.78, 5) is 27.3. The lowest BCUT2D eigenvalue weighted by Gasteiger charge is -2.27. The third kappa shape index (κ3) is 6.87. The van der Waals surface area contributed by atoms with E-state index in [1.54, 1.807) is 0 Å². The molecule has 29 heavy (non-hydrogen) atoms. The summed E-state index contributed by atoms with van der Waals surface area (Å²) in [6.07, 6.45) is -7.32. The summed E-state index contributed by atoms with van der Waals surface area (Å²) < 4.78 is 83.7. The molecular weight excluding hydrogens is 410 g/mol. The highest BCUT2D eigenvalue weighted by Crippen LogP contribution is 2.43. The van der Waals surface area contributed by atoms with Crippen LogP contribution in [0.3, 0.4) is 0 Å². The number of rotatable bonds is 7. The van der Waals surface area contributed by atoms with Crippen LogP contribution >= 0.6 is 0 Å². The van der Waals surface area contributed by atoms with Crippen LogP contribution in [0, 0.1) is 11.8 Å². The molecule has 1 N–H and O–H groups in total. The Balaban J connectivity index is 2.21. The van der Waals surface area contributed by atoms with Crippen molar-refractivity contribution in [2.45, 2.75) is 31.2 Å². The van der Waals surface area contributed by atoms with Crippen LogP contribution in [0.25, 0.3) is 0 Å². The molecule has 1 fully saturated rings. The van der Waals surface area contributed by atoms with E-state index in [-0.39, 0.29) is 18.2 Å². The van der Waals surface area contributed by atoms with Gasteiger partial charge in [0.1, 0.15) is 0 Å². The van der Waals surface area contributed by atoms with E-state index in [1.165, 1.54) is 7.11 Å². The monoisotopic (exact) mass is 428 g/mol. The molecule has 1 aromatic rings. The number of carbonyl (C=O) groups excluding carboxylic acids is 2. The zero-order chi connectivity index (χ0) is 21.8. The van der Waals surface area contributed by atoms with Gasteiger partial charge in [-0.3, -0.25) is 9.78 Å². The number of ether oxygens (including phenoxy) is 2. The second-order valence-corrected chi connectivity index (χ2v) is 6.57. The number of halogens is 6. The van der Waals surface area contributed by atoms with E-state index in [0.29, 0.717) is 6.20 Å². The lowest BCUT2D eigenvalue weighted by molar-refractivity contribution is -0.187. The average Bonchev–Trinajstić information content (AvgIpc) is 3.46. The van der Waals surface area contributed by atoms with Gasteiger partial charge in [-0.2, -0.15) is 26.3 Å². The third-order valence-corrected chi connectivity index (χ3v) is 4.29. The highest BCUT2D eigenvalue weighted by molar-refractivity contribution is 6.32. The fraction of sp³-hybridized carbons (Fsp3) is 0.588. The SMILES string of the molecule is COC[C@H](C1CC1)[C@@H](NC(=O)C(=O)OCC(F)(F)F)c1ccc(C(F)(F)F)cn1. The van der Waals surface area contributed by atoms with Gasteiger partial charge in [0.25, 0.3) is 0 Å². The summed E-state index contributed by atoms with van der Waals surface area (Å²) in [6, 6.07) is 0.760. The van der Waals surface area contributed by atoms with Crippen LogP contribution in [0.15, 0.2) is 18.3 Å².